The van der Waals surface area contributed by atoms with E-state index >= 15 is 0 Å². The van der Waals surface area contributed by atoms with Gasteiger partial charge in [-0.1, -0.05) is 11.8 Å². The maximum Gasteiger partial charge on any atom is 0.188 e. The fourth-order valence-electron chi connectivity index (χ4n) is 0.486. The Balaban J connectivity index is 2.40. The molecule has 42 valence electrons. The van der Waals surface area contributed by atoms with Crippen molar-refractivity contribution in [3.63, 3.8) is 0 Å². The second-order valence-corrected chi connectivity index (χ2v) is 2.71. The summed E-state index contributed by atoms with van der Waals surface area (Å²) < 4.78 is 0. The zero-order valence-corrected chi connectivity index (χ0v) is 4.69. The van der Waals surface area contributed by atoms with E-state index in [9.17, 15) is 0 Å². The Morgan fingerprint density at radius 3 is 2.29 bits per heavy atom. The summed E-state index contributed by atoms with van der Waals surface area (Å²) in [4.78, 5) is -0.787. The van der Waals surface area contributed by atoms with E-state index in [1.54, 1.807) is 11.8 Å². The second kappa shape index (κ2) is 1.63. The van der Waals surface area contributed by atoms with Gasteiger partial charge < -0.3 is 0 Å². The van der Waals surface area contributed by atoms with Crippen molar-refractivity contribution >= 4 is 11.8 Å². The molecule has 7 heavy (non-hydrogen) atoms. The molecule has 1 aliphatic rings. The minimum absolute atomic E-state index is 0.417. The molecule has 1 rings (SSSR count). The number of nitrogens with zero attached hydrogens (tertiary/aromatic N) is 1. The molecule has 1 heterocycles. The first-order chi connectivity index (χ1) is 3.21. The van der Waals surface area contributed by atoms with Crippen LogP contribution in [0.2, 0.25) is 0 Å². The van der Waals surface area contributed by atoms with Crippen LogP contribution in [-0.2, 0) is 0 Å². The van der Waals surface area contributed by atoms with Gasteiger partial charge in [-0.05, 0) is 4.81 Å². The summed E-state index contributed by atoms with van der Waals surface area (Å²) in [5, 5.41) is 17.3. The first kappa shape index (κ1) is 5.37. The van der Waals surface area contributed by atoms with E-state index in [2.05, 4.69) is 0 Å². The molecule has 0 amide bonds. The lowest BCUT2D eigenvalue weighted by Gasteiger charge is -2.10. The molecule has 0 aromatic rings. The third-order valence-corrected chi connectivity index (χ3v) is 1.96. The molecular weight excluding hydrogens is 114 g/mol. The molecule has 3 nitrogen and oxygen atoms in total. The molecule has 4 heteroatoms. The highest BCUT2D eigenvalue weighted by Gasteiger charge is 2.28. The van der Waals surface area contributed by atoms with E-state index in [4.69, 9.17) is 10.4 Å². The van der Waals surface area contributed by atoms with Gasteiger partial charge in [0.2, 0.25) is 0 Å². The number of hydrogen-bond donors (Lipinski definition) is 2. The van der Waals surface area contributed by atoms with Gasteiger partial charge in [0.05, 0.1) is 5.75 Å². The van der Waals surface area contributed by atoms with Crippen LogP contribution >= 0.6 is 11.8 Å². The molecule has 2 N–H and O–H groups in total. The normalized spacial score (nSPS) is 28.3. The predicted octanol–water partition coefficient (Wildman–Crippen LogP) is 0.286. The summed E-state index contributed by atoms with van der Waals surface area (Å²) in [5.74, 6) is 1.27. The van der Waals surface area contributed by atoms with Crippen molar-refractivity contribution in [3.8, 4) is 0 Å². The number of quaternary nitrogens is 1. The molecular formula is C3H8NO2S+. The van der Waals surface area contributed by atoms with Crippen molar-refractivity contribution in [3.05, 3.63) is 0 Å². The molecule has 0 saturated carbocycles. The highest BCUT2D eigenvalue weighted by Crippen LogP contribution is 2.16. The van der Waals surface area contributed by atoms with Crippen molar-refractivity contribution in [2.45, 2.75) is 0 Å². The van der Waals surface area contributed by atoms with Gasteiger partial charge in [0.15, 0.2) is 12.4 Å². The van der Waals surface area contributed by atoms with Crippen LogP contribution in [0.3, 0.4) is 0 Å². The fourth-order valence-corrected chi connectivity index (χ4v) is 1.46. The highest BCUT2D eigenvalue weighted by atomic mass is 32.2. The Morgan fingerprint density at radius 2 is 2.14 bits per heavy atom. The van der Waals surface area contributed by atoms with Crippen LogP contribution in [0, 0.1) is 0 Å². The lowest BCUT2D eigenvalue weighted by molar-refractivity contribution is -1.23. The first-order valence-electron chi connectivity index (χ1n) is 2.11. The van der Waals surface area contributed by atoms with E-state index in [0.717, 1.165) is 5.75 Å². The monoisotopic (exact) mass is 122 g/mol. The molecule has 0 unspecified atom stereocenters. The zero-order valence-electron chi connectivity index (χ0n) is 3.87. The smallest absolute Gasteiger partial charge is 0.181 e. The van der Waals surface area contributed by atoms with Crippen LogP contribution in [0.5, 0.6) is 0 Å². The van der Waals surface area contributed by atoms with E-state index in [1.165, 1.54) is 0 Å². The zero-order chi connectivity index (χ0) is 5.33. The topological polar surface area (TPSA) is 40.5 Å². The van der Waals surface area contributed by atoms with E-state index in [-0.39, 0.29) is 0 Å². The molecule has 1 saturated heterocycles. The Morgan fingerprint density at radius 1 is 1.43 bits per heavy atom. The van der Waals surface area contributed by atoms with E-state index < -0.39 is 4.81 Å². The average molecular weight is 122 g/mol. The van der Waals surface area contributed by atoms with Crippen molar-refractivity contribution < 1.29 is 15.2 Å². The number of hydroxylamine groups is 4. The third kappa shape index (κ3) is 1.31. The lowest BCUT2D eigenvalue weighted by atomic mass is 10.7. The van der Waals surface area contributed by atoms with Crippen LogP contribution in [0.1, 0.15) is 0 Å². The van der Waals surface area contributed by atoms with Gasteiger partial charge in [-0.3, -0.25) is 0 Å². The molecule has 1 aliphatic heterocycles. The molecule has 0 bridgehead atoms. The van der Waals surface area contributed by atoms with Gasteiger partial charge in [-0.15, -0.1) is 0 Å². The Labute approximate surface area is 46.1 Å². The summed E-state index contributed by atoms with van der Waals surface area (Å²) in [6.07, 6.45) is 0. The van der Waals surface area contributed by atoms with Crippen molar-refractivity contribution in [1.29, 1.82) is 0 Å². The lowest BCUT2D eigenvalue weighted by Crippen LogP contribution is -2.37. The van der Waals surface area contributed by atoms with Gasteiger partial charge in [-0.2, -0.15) is 10.4 Å². The number of thioether (sulfide) groups is 1. The van der Waals surface area contributed by atoms with Crippen molar-refractivity contribution in [1.82, 2.24) is 0 Å². The van der Waals surface area contributed by atoms with Crippen LogP contribution < -0.4 is 0 Å². The maximum atomic E-state index is 8.67. The molecule has 0 aromatic heterocycles. The quantitative estimate of drug-likeness (QED) is 0.453. The van der Waals surface area contributed by atoms with Crippen LogP contribution in [-0.4, -0.2) is 33.4 Å². The minimum Gasteiger partial charge on any atom is -0.181 e. The largest absolute Gasteiger partial charge is 0.188 e. The molecule has 0 atom stereocenters. The summed E-state index contributed by atoms with van der Waals surface area (Å²) in [6, 6.07) is 0. The first-order valence-corrected chi connectivity index (χ1v) is 3.26. The third-order valence-electron chi connectivity index (χ3n) is 0.892. The van der Waals surface area contributed by atoms with Crippen molar-refractivity contribution in [2.75, 3.05) is 18.2 Å². The standard InChI is InChI=1S/C3H8NO2S/c5-4(6)1-2-7-3-4/h5-6H,1-3H2/q+1. The van der Waals surface area contributed by atoms with Gasteiger partial charge in [-0.25, -0.2) is 0 Å². The molecule has 0 spiro atoms. The number of hydrogen-bond acceptors (Lipinski definition) is 3. The number of rotatable bonds is 0. The van der Waals surface area contributed by atoms with Gasteiger partial charge in [0.25, 0.3) is 0 Å². The Bertz CT molecular complexity index is 67.3. The predicted molar refractivity (Wildman–Crippen MR) is 26.0 cm³/mol. The minimum atomic E-state index is -0.787. The van der Waals surface area contributed by atoms with Crippen LogP contribution in [0.15, 0.2) is 0 Å². The van der Waals surface area contributed by atoms with Gasteiger partial charge in [0.1, 0.15) is 0 Å². The fraction of sp³-hybridized carbons (Fsp3) is 1.00. The maximum absolute atomic E-state index is 8.67. The average Bonchev–Trinajstić information content (AvgIpc) is 1.84. The summed E-state index contributed by atoms with van der Waals surface area (Å²) >= 11 is 1.55. The van der Waals surface area contributed by atoms with Gasteiger partial charge in [0, 0.05) is 0 Å². The Hall–Kier alpha value is 0.230. The summed E-state index contributed by atoms with van der Waals surface area (Å²) in [6.45, 7) is 0.463. The molecule has 0 aliphatic carbocycles. The van der Waals surface area contributed by atoms with Gasteiger partial charge >= 0.3 is 0 Å². The summed E-state index contributed by atoms with van der Waals surface area (Å²) in [5.41, 5.74) is 0. The van der Waals surface area contributed by atoms with E-state index in [0.29, 0.717) is 12.4 Å². The Kier molecular flexibility index (Phi) is 1.25. The molecule has 0 radical (unpaired) electrons. The van der Waals surface area contributed by atoms with Crippen molar-refractivity contribution in [2.24, 2.45) is 0 Å². The molecule has 0 aromatic carbocycles. The van der Waals surface area contributed by atoms with Crippen LogP contribution in [0.4, 0.5) is 0 Å². The molecule has 1 fully saturated rings. The summed E-state index contributed by atoms with van der Waals surface area (Å²) in [7, 11) is 0. The van der Waals surface area contributed by atoms with Crippen LogP contribution in [0.25, 0.3) is 0 Å². The SMILES string of the molecule is O[N+]1(O)CCSC1. The van der Waals surface area contributed by atoms with E-state index in [1.807, 2.05) is 0 Å². The highest BCUT2D eigenvalue weighted by molar-refractivity contribution is 7.99. The second-order valence-electron chi connectivity index (χ2n) is 1.64.